The Morgan fingerprint density at radius 2 is 2.17 bits per heavy atom. The average Bonchev–Trinajstić information content (AvgIpc) is 3.35. The number of hydrogen-bond donors (Lipinski definition) is 0. The first-order valence-electron chi connectivity index (χ1n) is 7.42. The van der Waals surface area contributed by atoms with Crippen LogP contribution in [0.25, 0.3) is 11.4 Å². The van der Waals surface area contributed by atoms with Gasteiger partial charge in [0, 0.05) is 23.6 Å². The maximum absolute atomic E-state index is 6.01. The minimum Gasteiger partial charge on any atom is -0.420 e. The molecule has 0 atom stereocenters. The van der Waals surface area contributed by atoms with Crippen LogP contribution in [-0.2, 0) is 9.40 Å². The molecule has 0 unspecified atom stereocenters. The lowest BCUT2D eigenvalue weighted by Gasteiger charge is -2.17. The quantitative estimate of drug-likeness (QED) is 0.346. The molecular formula is C15H15BClIN4OS. The lowest BCUT2D eigenvalue weighted by atomic mass is 10.1. The van der Waals surface area contributed by atoms with E-state index in [9.17, 15) is 0 Å². The number of hydrogen-bond acceptors (Lipinski definition) is 6. The van der Waals surface area contributed by atoms with Crippen LogP contribution in [0.15, 0.2) is 29.3 Å². The lowest BCUT2D eigenvalue weighted by Crippen LogP contribution is -2.11. The summed E-state index contributed by atoms with van der Waals surface area (Å²) in [4.78, 5) is 16.7. The third-order valence-corrected chi connectivity index (χ3v) is 6.61. The third-order valence-electron chi connectivity index (χ3n) is 3.70. The summed E-state index contributed by atoms with van der Waals surface area (Å²) in [5.41, 5.74) is 2.18. The third kappa shape index (κ3) is 4.09. The smallest absolute Gasteiger partial charge is 0.420 e. The molecule has 1 aliphatic carbocycles. The number of rotatable bonds is 6. The van der Waals surface area contributed by atoms with E-state index in [-0.39, 0.29) is 14.1 Å². The van der Waals surface area contributed by atoms with Crippen molar-refractivity contribution in [2.24, 2.45) is 4.99 Å². The number of halogens is 2. The van der Waals surface area contributed by atoms with Crippen LogP contribution in [0.3, 0.4) is 0 Å². The molecule has 0 radical (unpaired) electrons. The maximum Gasteiger partial charge on any atom is 0.435 e. The van der Waals surface area contributed by atoms with Gasteiger partial charge in [0.25, 0.3) is 5.95 Å². The molecule has 5 nitrogen and oxygen atoms in total. The van der Waals surface area contributed by atoms with E-state index in [0.29, 0.717) is 11.8 Å². The van der Waals surface area contributed by atoms with Crippen molar-refractivity contribution in [3.8, 4) is 11.4 Å². The highest BCUT2D eigenvalue weighted by Gasteiger charge is 2.47. The zero-order valence-corrected chi connectivity index (χ0v) is 17.0. The van der Waals surface area contributed by atoms with Gasteiger partial charge in [-0.25, -0.2) is 4.99 Å². The first-order chi connectivity index (χ1) is 11.6. The van der Waals surface area contributed by atoms with Crippen molar-refractivity contribution in [3.05, 3.63) is 35.1 Å². The SMILES string of the molecule is CC=Nc1nc(Cl)nc(-c2cccc(C3(SB(I)OC)CC3)c2)n1. The Labute approximate surface area is 164 Å². The summed E-state index contributed by atoms with van der Waals surface area (Å²) in [5, 5.41) is 0.147. The fraction of sp³-hybridized carbons (Fsp3) is 0.333. The normalized spacial score (nSPS) is 15.7. The molecule has 1 aromatic heterocycles. The molecule has 9 heteroatoms. The standard InChI is InChI=1S/C15H15BClIN4OS/c1-3-19-14-21-12(20-13(17)22-14)10-5-4-6-11(9-10)15(7-8-15)24-16(18)23-2/h3-6,9H,7-8H2,1-2H3. The van der Waals surface area contributed by atoms with Gasteiger partial charge in [0.05, 0.1) is 0 Å². The van der Waals surface area contributed by atoms with Crippen molar-refractivity contribution in [2.75, 3.05) is 7.11 Å². The summed E-state index contributed by atoms with van der Waals surface area (Å²) in [5.74, 6) is 0.858. The molecule has 0 aliphatic heterocycles. The second kappa shape index (κ2) is 7.67. The number of aliphatic imine (C=N–C) groups is 1. The number of benzene rings is 1. The Balaban J connectivity index is 1.94. The zero-order valence-electron chi connectivity index (χ0n) is 13.2. The summed E-state index contributed by atoms with van der Waals surface area (Å²) < 4.78 is 5.66. The molecule has 3 rings (SSSR count). The van der Waals surface area contributed by atoms with Crippen LogP contribution in [0.1, 0.15) is 25.3 Å². The molecule has 1 fully saturated rings. The van der Waals surface area contributed by atoms with Crippen LogP contribution in [0.4, 0.5) is 5.95 Å². The van der Waals surface area contributed by atoms with E-state index in [2.05, 4.69) is 54.5 Å². The Morgan fingerprint density at radius 1 is 1.38 bits per heavy atom. The van der Waals surface area contributed by atoms with E-state index in [4.69, 9.17) is 16.3 Å². The van der Waals surface area contributed by atoms with Gasteiger partial charge in [0.2, 0.25) is 5.28 Å². The second-order valence-electron chi connectivity index (χ2n) is 5.32. The molecule has 0 amide bonds. The molecule has 1 aromatic carbocycles. The topological polar surface area (TPSA) is 60.3 Å². The Hall–Kier alpha value is -0.705. The van der Waals surface area contributed by atoms with Crippen molar-refractivity contribution in [1.82, 2.24) is 15.0 Å². The first kappa shape index (κ1) is 18.1. The van der Waals surface area contributed by atoms with Gasteiger partial charge in [-0.2, -0.15) is 26.6 Å². The van der Waals surface area contributed by atoms with Gasteiger partial charge in [-0.3, -0.25) is 0 Å². The lowest BCUT2D eigenvalue weighted by molar-refractivity contribution is 0.453. The van der Waals surface area contributed by atoms with Crippen molar-refractivity contribution < 1.29 is 4.65 Å². The molecule has 2 aromatic rings. The monoisotopic (exact) mass is 472 g/mol. The van der Waals surface area contributed by atoms with Crippen molar-refractivity contribution in [3.63, 3.8) is 0 Å². The summed E-state index contributed by atoms with van der Waals surface area (Å²) in [6.07, 6.45) is 3.92. The van der Waals surface area contributed by atoms with Gasteiger partial charge in [-0.05, 0) is 43.0 Å². The van der Waals surface area contributed by atoms with Gasteiger partial charge in [0.1, 0.15) is 0 Å². The minimum absolute atomic E-state index is 0.124. The predicted molar refractivity (Wildman–Crippen MR) is 109 cm³/mol. The highest BCUT2D eigenvalue weighted by atomic mass is 127. The summed E-state index contributed by atoms with van der Waals surface area (Å²) in [7, 11) is 1.74. The highest BCUT2D eigenvalue weighted by Crippen LogP contribution is 2.58. The van der Waals surface area contributed by atoms with Crippen LogP contribution in [-0.4, -0.2) is 32.3 Å². The molecule has 24 heavy (non-hydrogen) atoms. The molecule has 0 saturated heterocycles. The zero-order chi connectivity index (χ0) is 17.2. The molecule has 1 saturated carbocycles. The van der Waals surface area contributed by atoms with Crippen molar-refractivity contribution >= 4 is 61.8 Å². The molecule has 0 bridgehead atoms. The van der Waals surface area contributed by atoms with Gasteiger partial charge >= 0.3 is 4.05 Å². The van der Waals surface area contributed by atoms with Crippen LogP contribution in [0, 0.1) is 0 Å². The summed E-state index contributed by atoms with van der Waals surface area (Å²) >= 11 is 10.2. The molecule has 0 spiro atoms. The Bertz CT molecular complexity index is 775. The van der Waals surface area contributed by atoms with E-state index >= 15 is 0 Å². The first-order valence-corrected chi connectivity index (χ1v) is 9.92. The molecular weight excluding hydrogens is 457 g/mol. The summed E-state index contributed by atoms with van der Waals surface area (Å²) in [6.45, 7) is 1.81. The van der Waals surface area contributed by atoms with Crippen molar-refractivity contribution in [1.29, 1.82) is 0 Å². The van der Waals surface area contributed by atoms with Gasteiger partial charge in [-0.1, -0.05) is 40.6 Å². The number of aromatic nitrogens is 3. The van der Waals surface area contributed by atoms with Crippen LogP contribution in [0.2, 0.25) is 5.28 Å². The number of nitrogens with zero attached hydrogens (tertiary/aromatic N) is 4. The predicted octanol–water partition coefficient (Wildman–Crippen LogP) is 4.70. The summed E-state index contributed by atoms with van der Waals surface area (Å²) in [6, 6.07) is 8.29. The molecule has 0 N–H and O–H groups in total. The van der Waals surface area contributed by atoms with Gasteiger partial charge < -0.3 is 4.65 Å². The van der Waals surface area contributed by atoms with Crippen molar-refractivity contribution in [2.45, 2.75) is 24.5 Å². The van der Waals surface area contributed by atoms with Crippen LogP contribution in [0.5, 0.6) is 0 Å². The molecule has 1 aliphatic rings. The molecule has 1 heterocycles. The fourth-order valence-corrected chi connectivity index (χ4v) is 5.06. The van der Waals surface area contributed by atoms with Crippen LogP contribution >= 0.6 is 45.6 Å². The molecule has 124 valence electrons. The minimum atomic E-state index is 0.124. The highest BCUT2D eigenvalue weighted by molar-refractivity contribution is 14.1. The maximum atomic E-state index is 6.01. The fourth-order valence-electron chi connectivity index (χ4n) is 2.40. The van der Waals surface area contributed by atoms with Gasteiger partial charge in [-0.15, -0.1) is 0 Å². The van der Waals surface area contributed by atoms with Crippen LogP contribution < -0.4 is 0 Å². The van der Waals surface area contributed by atoms with Gasteiger partial charge in [0.15, 0.2) is 5.82 Å². The van der Waals surface area contributed by atoms with E-state index in [1.807, 2.05) is 30.7 Å². The average molecular weight is 473 g/mol. The van der Waals surface area contributed by atoms with E-state index in [0.717, 1.165) is 18.4 Å². The Kier molecular flexibility index (Phi) is 5.79. The Morgan fingerprint density at radius 3 is 2.83 bits per heavy atom. The largest absolute Gasteiger partial charge is 0.435 e. The second-order valence-corrected chi connectivity index (χ2v) is 9.08. The van der Waals surface area contributed by atoms with E-state index < -0.39 is 0 Å². The van der Waals surface area contributed by atoms with E-state index in [1.165, 1.54) is 5.56 Å². The van der Waals surface area contributed by atoms with E-state index in [1.54, 1.807) is 13.3 Å².